The van der Waals surface area contributed by atoms with Gasteiger partial charge in [-0.05, 0) is 30.7 Å². The van der Waals surface area contributed by atoms with E-state index >= 15 is 0 Å². The largest absolute Gasteiger partial charge is 0.380 e. The second kappa shape index (κ2) is 5.29. The number of nitrogens with zero attached hydrogens (tertiary/aromatic N) is 5. The van der Waals surface area contributed by atoms with Crippen LogP contribution in [-0.2, 0) is 11.2 Å². The number of ether oxygens (including phenoxy) is 1. The normalized spacial score (nSPS) is 18.2. The zero-order valence-electron chi connectivity index (χ0n) is 15.1. The molecule has 5 heterocycles. The Morgan fingerprint density at radius 3 is 2.85 bits per heavy atom. The Morgan fingerprint density at radius 2 is 2.07 bits per heavy atom. The summed E-state index contributed by atoms with van der Waals surface area (Å²) in [6.07, 6.45) is 2.83. The van der Waals surface area contributed by atoms with E-state index in [0.29, 0.717) is 5.41 Å². The fourth-order valence-electron chi connectivity index (χ4n) is 4.22. The summed E-state index contributed by atoms with van der Waals surface area (Å²) >= 11 is 0. The van der Waals surface area contributed by atoms with Crippen LogP contribution in [0.5, 0.6) is 0 Å². The fraction of sp³-hybridized carbons (Fsp3) is 0.350. The van der Waals surface area contributed by atoms with Crippen LogP contribution in [0.1, 0.15) is 12.6 Å². The molecule has 1 aromatic carbocycles. The van der Waals surface area contributed by atoms with E-state index in [0.717, 1.165) is 72.0 Å². The molecule has 2 aliphatic heterocycles. The molecule has 1 N–H and O–H groups in total. The molecule has 2 saturated heterocycles. The Hall–Kier alpha value is -2.93. The number of hydrogen-bond donors (Lipinski definition) is 1. The summed E-state index contributed by atoms with van der Waals surface area (Å²) in [5.74, 6) is 0.998. The summed E-state index contributed by atoms with van der Waals surface area (Å²) in [4.78, 5) is 6.86. The predicted molar refractivity (Wildman–Crippen MR) is 103 cm³/mol. The lowest BCUT2D eigenvalue weighted by molar-refractivity contribution is -0.127. The average molecular weight is 360 g/mol. The number of benzene rings is 1. The van der Waals surface area contributed by atoms with Crippen molar-refractivity contribution in [2.24, 2.45) is 5.41 Å². The van der Waals surface area contributed by atoms with E-state index in [1.807, 2.05) is 16.8 Å². The third kappa shape index (κ3) is 2.15. The highest BCUT2D eigenvalue weighted by atomic mass is 16.5. The lowest BCUT2D eigenvalue weighted by Crippen LogP contribution is -2.66. The summed E-state index contributed by atoms with van der Waals surface area (Å²) < 4.78 is 7.33. The quantitative estimate of drug-likeness (QED) is 0.608. The summed E-state index contributed by atoms with van der Waals surface area (Å²) in [5.41, 5.74) is 5.48. The van der Waals surface area contributed by atoms with Gasteiger partial charge in [0.25, 0.3) is 0 Å². The number of imidazole rings is 1. The first-order valence-corrected chi connectivity index (χ1v) is 9.40. The minimum Gasteiger partial charge on any atom is -0.380 e. The van der Waals surface area contributed by atoms with Gasteiger partial charge in [-0.25, -0.2) is 9.50 Å². The lowest BCUT2D eigenvalue weighted by atomic mass is 9.78. The topological polar surface area (TPSA) is 71.3 Å². The maximum atomic E-state index is 5.38. The smallest absolute Gasteiger partial charge is 0.154 e. The zero-order chi connectivity index (χ0) is 18.0. The number of aryl methyl sites for hydroxylation is 1. The highest BCUT2D eigenvalue weighted by molar-refractivity contribution is 5.86. The number of fused-ring (bicyclic) bond motifs is 2. The van der Waals surface area contributed by atoms with Crippen LogP contribution in [0, 0.1) is 5.41 Å². The van der Waals surface area contributed by atoms with E-state index in [4.69, 9.17) is 9.84 Å². The van der Waals surface area contributed by atoms with E-state index < -0.39 is 0 Å². The molecule has 0 bridgehead atoms. The molecular weight excluding hydrogens is 340 g/mol. The number of aromatic amines is 1. The van der Waals surface area contributed by atoms with Crippen molar-refractivity contribution in [2.45, 2.75) is 13.3 Å². The standard InChI is InChI=1S/C20H20N6O/c1-2-15-14-7-13(3-4-16(14)23-22-15)17-8-21-18-5-6-19(24-26(17)18)25-9-20(10-25)11-27-12-20/h3-8H,2,9-12H2,1H3,(H,22,23). The molecule has 4 aromatic rings. The molecule has 27 heavy (non-hydrogen) atoms. The molecular formula is C20H20N6O. The van der Waals surface area contributed by atoms with E-state index in [2.05, 4.69) is 51.3 Å². The molecule has 0 amide bonds. The molecule has 2 aliphatic rings. The van der Waals surface area contributed by atoms with Crippen LogP contribution in [0.2, 0.25) is 0 Å². The first-order valence-electron chi connectivity index (χ1n) is 9.40. The second-order valence-corrected chi connectivity index (χ2v) is 7.74. The van der Waals surface area contributed by atoms with Crippen LogP contribution >= 0.6 is 0 Å². The minimum atomic E-state index is 0.372. The van der Waals surface area contributed by atoms with E-state index in [9.17, 15) is 0 Å². The van der Waals surface area contributed by atoms with E-state index in [1.54, 1.807) is 0 Å². The summed E-state index contributed by atoms with van der Waals surface area (Å²) in [6.45, 7) is 5.94. The summed E-state index contributed by atoms with van der Waals surface area (Å²) in [5, 5.41) is 13.5. The number of rotatable bonds is 3. The molecule has 1 spiro atoms. The van der Waals surface area contributed by atoms with Gasteiger partial charge in [-0.2, -0.15) is 5.10 Å². The Kier molecular flexibility index (Phi) is 2.97. The molecule has 7 heteroatoms. The highest BCUT2D eigenvalue weighted by Crippen LogP contribution is 2.39. The Labute approximate surface area is 156 Å². The third-order valence-corrected chi connectivity index (χ3v) is 5.82. The van der Waals surface area contributed by atoms with Gasteiger partial charge in [-0.1, -0.05) is 13.0 Å². The van der Waals surface area contributed by atoms with Crippen molar-refractivity contribution in [3.63, 3.8) is 0 Å². The van der Waals surface area contributed by atoms with Crippen molar-refractivity contribution < 1.29 is 4.74 Å². The fourth-order valence-corrected chi connectivity index (χ4v) is 4.22. The number of aromatic nitrogens is 5. The monoisotopic (exact) mass is 360 g/mol. The average Bonchev–Trinajstić information content (AvgIpc) is 3.22. The summed E-state index contributed by atoms with van der Waals surface area (Å²) in [6, 6.07) is 10.4. The molecule has 0 aliphatic carbocycles. The predicted octanol–water partition coefficient (Wildman–Crippen LogP) is 2.67. The Balaban J connectivity index is 1.41. The first-order chi connectivity index (χ1) is 13.2. The van der Waals surface area contributed by atoms with Crippen molar-refractivity contribution in [1.29, 1.82) is 0 Å². The number of H-pyrrole nitrogens is 1. The maximum Gasteiger partial charge on any atom is 0.154 e. The van der Waals surface area contributed by atoms with Crippen molar-refractivity contribution in [3.05, 3.63) is 42.2 Å². The molecule has 0 radical (unpaired) electrons. The van der Waals surface area contributed by atoms with Crippen molar-refractivity contribution >= 4 is 22.4 Å². The van der Waals surface area contributed by atoms with Gasteiger partial charge >= 0.3 is 0 Å². The molecule has 2 fully saturated rings. The van der Waals surface area contributed by atoms with Gasteiger partial charge in [0.2, 0.25) is 0 Å². The third-order valence-electron chi connectivity index (χ3n) is 5.82. The first kappa shape index (κ1) is 15.2. The van der Waals surface area contributed by atoms with Crippen LogP contribution < -0.4 is 4.90 Å². The highest BCUT2D eigenvalue weighted by Gasteiger charge is 2.49. The van der Waals surface area contributed by atoms with Crippen LogP contribution in [-0.4, -0.2) is 51.1 Å². The molecule has 6 rings (SSSR count). The minimum absolute atomic E-state index is 0.372. The van der Waals surface area contributed by atoms with Crippen LogP contribution in [0.15, 0.2) is 36.5 Å². The molecule has 0 unspecified atom stereocenters. The maximum absolute atomic E-state index is 5.38. The van der Waals surface area contributed by atoms with Gasteiger partial charge in [-0.15, -0.1) is 5.10 Å². The SMILES string of the molecule is CCc1[nH]nc2ccc(-c3cnc4ccc(N5CC6(COC6)C5)nn34)cc12. The molecule has 3 aromatic heterocycles. The number of hydrogen-bond acceptors (Lipinski definition) is 5. The van der Waals surface area contributed by atoms with Gasteiger partial charge in [0, 0.05) is 29.7 Å². The molecule has 136 valence electrons. The Bertz CT molecular complexity index is 1160. The second-order valence-electron chi connectivity index (χ2n) is 7.74. The number of anilines is 1. The molecule has 0 atom stereocenters. The van der Waals surface area contributed by atoms with Crippen molar-refractivity contribution in [1.82, 2.24) is 24.8 Å². The summed E-state index contributed by atoms with van der Waals surface area (Å²) in [7, 11) is 0. The molecule has 0 saturated carbocycles. The van der Waals surface area contributed by atoms with Crippen LogP contribution in [0.3, 0.4) is 0 Å². The Morgan fingerprint density at radius 1 is 1.19 bits per heavy atom. The zero-order valence-corrected chi connectivity index (χ0v) is 15.1. The molecule has 7 nitrogen and oxygen atoms in total. The van der Waals surface area contributed by atoms with Gasteiger partial charge in [0.05, 0.1) is 36.0 Å². The number of nitrogens with one attached hydrogen (secondary N) is 1. The van der Waals surface area contributed by atoms with Gasteiger partial charge in [0.1, 0.15) is 5.82 Å². The van der Waals surface area contributed by atoms with Gasteiger partial charge in [-0.3, -0.25) is 5.10 Å². The van der Waals surface area contributed by atoms with E-state index in [-0.39, 0.29) is 0 Å². The van der Waals surface area contributed by atoms with Crippen molar-refractivity contribution in [2.75, 3.05) is 31.2 Å². The van der Waals surface area contributed by atoms with Crippen LogP contribution in [0.25, 0.3) is 27.8 Å². The lowest BCUT2D eigenvalue weighted by Gasteiger charge is -2.55. The van der Waals surface area contributed by atoms with E-state index in [1.165, 1.54) is 0 Å². The van der Waals surface area contributed by atoms with Crippen molar-refractivity contribution in [3.8, 4) is 11.3 Å². The van der Waals surface area contributed by atoms with Crippen LogP contribution in [0.4, 0.5) is 5.82 Å². The van der Waals surface area contributed by atoms with Gasteiger partial charge < -0.3 is 9.64 Å². The van der Waals surface area contributed by atoms with Gasteiger partial charge in [0.15, 0.2) is 5.65 Å².